The quantitative estimate of drug-likeness (QED) is 0.791. The Morgan fingerprint density at radius 3 is 2.71 bits per heavy atom. The Hall–Kier alpha value is -1.32. The van der Waals surface area contributed by atoms with Gasteiger partial charge in [0.15, 0.2) is 0 Å². The number of aryl methyl sites for hydroxylation is 1. The van der Waals surface area contributed by atoms with Gasteiger partial charge in [-0.15, -0.1) is 0 Å². The zero-order valence-electron chi connectivity index (χ0n) is 9.16. The van der Waals surface area contributed by atoms with Crippen LogP contribution >= 0.6 is 0 Å². The average molecular weight is 195 g/mol. The Balaban J connectivity index is 2.73. The lowest BCUT2D eigenvalue weighted by molar-refractivity contribution is 0.0901. The van der Waals surface area contributed by atoms with Gasteiger partial charge in [-0.05, 0) is 26.3 Å². The Bertz CT molecular complexity index is 328. The molecule has 0 spiro atoms. The number of amides is 1. The molecule has 1 amide bonds. The van der Waals surface area contributed by atoms with Crippen molar-refractivity contribution in [3.05, 3.63) is 18.0 Å². The first-order chi connectivity index (χ1) is 6.46. The number of nitrogens with one attached hydrogen (secondary N) is 1. The largest absolute Gasteiger partial charge is 0.346 e. The minimum atomic E-state index is -0.165. The Morgan fingerprint density at radius 2 is 2.29 bits per heavy atom. The molecule has 1 heterocycles. The van der Waals surface area contributed by atoms with Crippen molar-refractivity contribution in [3.8, 4) is 0 Å². The monoisotopic (exact) mass is 195 g/mol. The molecule has 4 nitrogen and oxygen atoms in total. The van der Waals surface area contributed by atoms with Gasteiger partial charge in [0.05, 0.1) is 0 Å². The summed E-state index contributed by atoms with van der Waals surface area (Å²) in [6.07, 6.45) is 2.52. The summed E-state index contributed by atoms with van der Waals surface area (Å²) in [5.41, 5.74) is 0.424. The molecule has 1 N–H and O–H groups in total. The molecule has 1 aromatic heterocycles. The number of hydrogen-bond acceptors (Lipinski definition) is 2. The van der Waals surface area contributed by atoms with Crippen molar-refractivity contribution < 1.29 is 4.79 Å². The average Bonchev–Trinajstić information content (AvgIpc) is 2.51. The number of aromatic nitrogens is 2. The van der Waals surface area contributed by atoms with Crippen LogP contribution in [-0.4, -0.2) is 21.2 Å². The Labute approximate surface area is 84.3 Å². The van der Waals surface area contributed by atoms with Crippen LogP contribution in [0.1, 0.15) is 37.7 Å². The van der Waals surface area contributed by atoms with E-state index in [2.05, 4.69) is 10.4 Å². The van der Waals surface area contributed by atoms with E-state index in [-0.39, 0.29) is 11.4 Å². The van der Waals surface area contributed by atoms with Crippen LogP contribution < -0.4 is 5.32 Å². The van der Waals surface area contributed by atoms with Gasteiger partial charge >= 0.3 is 0 Å². The van der Waals surface area contributed by atoms with Crippen molar-refractivity contribution in [2.45, 2.75) is 32.7 Å². The van der Waals surface area contributed by atoms with E-state index in [0.29, 0.717) is 5.69 Å². The first kappa shape index (κ1) is 10.8. The SMILES string of the molecule is CCC(C)(C)NC(=O)c1ccnn1C. The maximum absolute atomic E-state index is 11.7. The summed E-state index contributed by atoms with van der Waals surface area (Å²) >= 11 is 0. The van der Waals surface area contributed by atoms with Crippen LogP contribution in [0.5, 0.6) is 0 Å². The third-order valence-corrected chi connectivity index (χ3v) is 2.39. The van der Waals surface area contributed by atoms with Crippen LogP contribution in [0.4, 0.5) is 0 Å². The molecule has 0 unspecified atom stereocenters. The normalized spacial score (nSPS) is 11.4. The fourth-order valence-corrected chi connectivity index (χ4v) is 1.06. The Morgan fingerprint density at radius 1 is 1.64 bits per heavy atom. The van der Waals surface area contributed by atoms with Crippen LogP contribution in [0.25, 0.3) is 0 Å². The molecule has 4 heteroatoms. The standard InChI is InChI=1S/C10H17N3O/c1-5-10(2,3)12-9(14)8-6-7-11-13(8)4/h6-7H,5H2,1-4H3,(H,12,14). The van der Waals surface area contributed by atoms with Crippen molar-refractivity contribution in [1.29, 1.82) is 0 Å². The van der Waals surface area contributed by atoms with Gasteiger partial charge < -0.3 is 5.32 Å². The van der Waals surface area contributed by atoms with Crippen LogP contribution in [0, 0.1) is 0 Å². The summed E-state index contributed by atoms with van der Waals surface area (Å²) in [4.78, 5) is 11.7. The second-order valence-electron chi connectivity index (χ2n) is 4.03. The smallest absolute Gasteiger partial charge is 0.269 e. The van der Waals surface area contributed by atoms with Gasteiger partial charge in [0.25, 0.3) is 5.91 Å². The molecule has 0 saturated heterocycles. The fourth-order valence-electron chi connectivity index (χ4n) is 1.06. The van der Waals surface area contributed by atoms with Gasteiger partial charge in [-0.2, -0.15) is 5.10 Å². The number of rotatable bonds is 3. The summed E-state index contributed by atoms with van der Waals surface area (Å²) in [5, 5.41) is 6.90. The first-order valence-electron chi connectivity index (χ1n) is 4.77. The Kier molecular flexibility index (Phi) is 2.93. The molecule has 78 valence electrons. The summed E-state index contributed by atoms with van der Waals surface area (Å²) in [6.45, 7) is 6.05. The maximum Gasteiger partial charge on any atom is 0.269 e. The summed E-state index contributed by atoms with van der Waals surface area (Å²) in [6, 6.07) is 1.71. The highest BCUT2D eigenvalue weighted by molar-refractivity contribution is 5.92. The lowest BCUT2D eigenvalue weighted by atomic mass is 10.0. The predicted molar refractivity (Wildman–Crippen MR) is 55.0 cm³/mol. The molecule has 0 aliphatic rings. The lowest BCUT2D eigenvalue weighted by Gasteiger charge is -2.24. The third kappa shape index (κ3) is 2.34. The van der Waals surface area contributed by atoms with Crippen molar-refractivity contribution in [3.63, 3.8) is 0 Å². The summed E-state index contributed by atoms with van der Waals surface area (Å²) < 4.78 is 1.57. The van der Waals surface area contributed by atoms with Crippen LogP contribution in [0.2, 0.25) is 0 Å². The van der Waals surface area contributed by atoms with Gasteiger partial charge in [-0.1, -0.05) is 6.92 Å². The number of carbonyl (C=O) groups is 1. The minimum Gasteiger partial charge on any atom is -0.346 e. The van der Waals surface area contributed by atoms with Crippen LogP contribution in [0.15, 0.2) is 12.3 Å². The molecule has 0 fully saturated rings. The van der Waals surface area contributed by atoms with Crippen molar-refractivity contribution in [2.24, 2.45) is 7.05 Å². The minimum absolute atomic E-state index is 0.0724. The highest BCUT2D eigenvalue weighted by atomic mass is 16.2. The van der Waals surface area contributed by atoms with E-state index < -0.39 is 0 Å². The summed E-state index contributed by atoms with van der Waals surface area (Å²) in [5.74, 6) is -0.0724. The van der Waals surface area contributed by atoms with Gasteiger partial charge in [-0.3, -0.25) is 9.48 Å². The van der Waals surface area contributed by atoms with E-state index >= 15 is 0 Å². The molecule has 1 rings (SSSR count). The van der Waals surface area contributed by atoms with E-state index in [0.717, 1.165) is 6.42 Å². The molecule has 0 bridgehead atoms. The molecular weight excluding hydrogens is 178 g/mol. The molecule has 14 heavy (non-hydrogen) atoms. The van der Waals surface area contributed by atoms with Crippen LogP contribution in [0.3, 0.4) is 0 Å². The second-order valence-corrected chi connectivity index (χ2v) is 4.03. The molecule has 0 atom stereocenters. The second kappa shape index (κ2) is 3.82. The summed E-state index contributed by atoms with van der Waals surface area (Å²) in [7, 11) is 1.76. The molecule has 0 aliphatic carbocycles. The van der Waals surface area contributed by atoms with Gasteiger partial charge in [0.1, 0.15) is 5.69 Å². The van der Waals surface area contributed by atoms with Crippen molar-refractivity contribution >= 4 is 5.91 Å². The predicted octanol–water partition coefficient (Wildman–Crippen LogP) is 1.34. The fraction of sp³-hybridized carbons (Fsp3) is 0.600. The molecule has 0 aromatic carbocycles. The van der Waals surface area contributed by atoms with Crippen LogP contribution in [-0.2, 0) is 7.05 Å². The number of hydrogen-bond donors (Lipinski definition) is 1. The van der Waals surface area contributed by atoms with Gasteiger partial charge in [-0.25, -0.2) is 0 Å². The maximum atomic E-state index is 11.7. The zero-order valence-corrected chi connectivity index (χ0v) is 9.16. The zero-order chi connectivity index (χ0) is 10.8. The van der Waals surface area contributed by atoms with E-state index in [9.17, 15) is 4.79 Å². The molecule has 0 saturated carbocycles. The first-order valence-corrected chi connectivity index (χ1v) is 4.77. The van der Waals surface area contributed by atoms with E-state index in [1.54, 1.807) is 24.0 Å². The van der Waals surface area contributed by atoms with Crippen molar-refractivity contribution in [2.75, 3.05) is 0 Å². The molecule has 0 radical (unpaired) electrons. The third-order valence-electron chi connectivity index (χ3n) is 2.39. The molecule has 1 aromatic rings. The molecule has 0 aliphatic heterocycles. The van der Waals surface area contributed by atoms with E-state index in [1.807, 2.05) is 20.8 Å². The number of carbonyl (C=O) groups excluding carboxylic acids is 1. The number of nitrogens with zero attached hydrogens (tertiary/aromatic N) is 2. The van der Waals surface area contributed by atoms with E-state index in [1.165, 1.54) is 0 Å². The van der Waals surface area contributed by atoms with E-state index in [4.69, 9.17) is 0 Å². The molecular formula is C10H17N3O. The lowest BCUT2D eigenvalue weighted by Crippen LogP contribution is -2.43. The van der Waals surface area contributed by atoms with Gasteiger partial charge in [0.2, 0.25) is 0 Å². The highest BCUT2D eigenvalue weighted by Crippen LogP contribution is 2.08. The van der Waals surface area contributed by atoms with Gasteiger partial charge in [0, 0.05) is 18.8 Å². The highest BCUT2D eigenvalue weighted by Gasteiger charge is 2.20. The topological polar surface area (TPSA) is 46.9 Å². The van der Waals surface area contributed by atoms with Crippen molar-refractivity contribution in [1.82, 2.24) is 15.1 Å².